The van der Waals surface area contributed by atoms with Crippen LogP contribution in [0.5, 0.6) is 0 Å². The molecule has 1 fully saturated rings. The van der Waals surface area contributed by atoms with Crippen LogP contribution in [-0.4, -0.2) is 6.04 Å². The van der Waals surface area contributed by atoms with Gasteiger partial charge in [-0.2, -0.15) is 0 Å². The molecule has 0 aliphatic heterocycles. The molecule has 1 aliphatic rings. The van der Waals surface area contributed by atoms with Gasteiger partial charge < -0.3 is 5.32 Å². The number of hydrogen-bond donors (Lipinski definition) is 1. The number of rotatable bonds is 4. The van der Waals surface area contributed by atoms with Crippen molar-refractivity contribution in [3.63, 3.8) is 0 Å². The van der Waals surface area contributed by atoms with Crippen molar-refractivity contribution in [2.75, 3.05) is 5.32 Å². The Morgan fingerprint density at radius 3 is 2.40 bits per heavy atom. The van der Waals surface area contributed by atoms with Gasteiger partial charge in [-0.1, -0.05) is 33.3 Å². The summed E-state index contributed by atoms with van der Waals surface area (Å²) in [7, 11) is 0. The summed E-state index contributed by atoms with van der Waals surface area (Å²) in [5.74, 6) is 0.689. The maximum Gasteiger partial charge on any atom is 0.146 e. The highest BCUT2D eigenvalue weighted by Gasteiger charge is 2.31. The second-order valence-corrected chi connectivity index (χ2v) is 7.02. The molecule has 0 saturated heterocycles. The van der Waals surface area contributed by atoms with Crippen LogP contribution in [-0.2, 0) is 0 Å². The average Bonchev–Trinajstić information content (AvgIpc) is 2.42. The van der Waals surface area contributed by atoms with Crippen LogP contribution < -0.4 is 5.32 Å². The monoisotopic (exact) mass is 277 g/mol. The first-order valence-corrected chi connectivity index (χ1v) is 7.95. The van der Waals surface area contributed by atoms with Gasteiger partial charge in [0, 0.05) is 6.04 Å². The highest BCUT2D eigenvalue weighted by molar-refractivity contribution is 5.47. The van der Waals surface area contributed by atoms with Gasteiger partial charge in [0.15, 0.2) is 0 Å². The van der Waals surface area contributed by atoms with Crippen LogP contribution in [0.4, 0.5) is 10.1 Å². The van der Waals surface area contributed by atoms with Gasteiger partial charge in [-0.3, -0.25) is 0 Å². The highest BCUT2D eigenvalue weighted by Crippen LogP contribution is 2.41. The number of anilines is 1. The summed E-state index contributed by atoms with van der Waals surface area (Å²) in [5.41, 5.74) is 2.08. The molecule has 1 saturated carbocycles. The van der Waals surface area contributed by atoms with E-state index in [1.807, 2.05) is 19.1 Å². The molecular weight excluding hydrogens is 249 g/mol. The van der Waals surface area contributed by atoms with Crippen molar-refractivity contribution in [2.24, 2.45) is 11.3 Å². The topological polar surface area (TPSA) is 12.0 Å². The summed E-state index contributed by atoms with van der Waals surface area (Å²) in [6.07, 6.45) is 6.06. The Balaban J connectivity index is 1.91. The van der Waals surface area contributed by atoms with Crippen molar-refractivity contribution in [1.82, 2.24) is 0 Å². The lowest BCUT2D eigenvalue weighted by Gasteiger charge is -2.39. The molecule has 1 aliphatic carbocycles. The number of benzene rings is 1. The summed E-state index contributed by atoms with van der Waals surface area (Å²) in [6.45, 7) is 8.97. The van der Waals surface area contributed by atoms with E-state index in [-0.39, 0.29) is 5.82 Å². The van der Waals surface area contributed by atoms with Gasteiger partial charge >= 0.3 is 0 Å². The molecule has 0 atom stereocenters. The number of nitrogens with one attached hydrogen (secondary N) is 1. The van der Waals surface area contributed by atoms with E-state index >= 15 is 0 Å². The minimum absolute atomic E-state index is 0.124. The standard InChI is InChI=1S/C18H28FN/c1-5-18(3,4)14-7-9-15(10-8-14)20-17-11-6-13(2)12-16(17)19/h6,11-12,14-15,20H,5,7-10H2,1-4H3. The quantitative estimate of drug-likeness (QED) is 0.761. The van der Waals surface area contributed by atoms with E-state index < -0.39 is 0 Å². The third-order valence-electron chi connectivity index (χ3n) is 5.23. The molecule has 0 aromatic heterocycles. The molecule has 0 bridgehead atoms. The van der Waals surface area contributed by atoms with E-state index in [9.17, 15) is 4.39 Å². The third kappa shape index (κ3) is 3.53. The Kier molecular flexibility index (Phi) is 4.72. The van der Waals surface area contributed by atoms with Gasteiger partial charge in [-0.25, -0.2) is 4.39 Å². The molecule has 1 N–H and O–H groups in total. The summed E-state index contributed by atoms with van der Waals surface area (Å²) in [5, 5.41) is 3.39. The van der Waals surface area contributed by atoms with Crippen molar-refractivity contribution in [1.29, 1.82) is 0 Å². The normalized spacial score (nSPS) is 23.6. The van der Waals surface area contributed by atoms with Crippen molar-refractivity contribution in [2.45, 2.75) is 65.8 Å². The molecular formula is C18H28FN. The smallest absolute Gasteiger partial charge is 0.146 e. The summed E-state index contributed by atoms with van der Waals surface area (Å²) < 4.78 is 13.9. The van der Waals surface area contributed by atoms with E-state index in [0.717, 1.165) is 24.3 Å². The van der Waals surface area contributed by atoms with Crippen molar-refractivity contribution in [3.8, 4) is 0 Å². The molecule has 20 heavy (non-hydrogen) atoms. The predicted octanol–water partition coefficient (Wildman–Crippen LogP) is 5.54. The van der Waals surface area contributed by atoms with Crippen LogP contribution in [0.15, 0.2) is 18.2 Å². The molecule has 2 heteroatoms. The molecule has 0 radical (unpaired) electrons. The Hall–Kier alpha value is -1.05. The lowest BCUT2D eigenvalue weighted by Crippen LogP contribution is -2.32. The molecule has 1 nitrogen and oxygen atoms in total. The molecule has 2 rings (SSSR count). The van der Waals surface area contributed by atoms with Crippen LogP contribution >= 0.6 is 0 Å². The molecule has 0 heterocycles. The summed E-state index contributed by atoms with van der Waals surface area (Å²) in [6, 6.07) is 5.87. The lowest BCUT2D eigenvalue weighted by molar-refractivity contribution is 0.147. The minimum Gasteiger partial charge on any atom is -0.380 e. The van der Waals surface area contributed by atoms with Gasteiger partial charge in [-0.05, 0) is 61.6 Å². The number of halogens is 1. The first-order valence-electron chi connectivity index (χ1n) is 7.95. The fraction of sp³-hybridized carbons (Fsp3) is 0.667. The lowest BCUT2D eigenvalue weighted by atomic mass is 9.69. The largest absolute Gasteiger partial charge is 0.380 e. The second kappa shape index (κ2) is 6.15. The first-order chi connectivity index (χ1) is 9.42. The van der Waals surface area contributed by atoms with Gasteiger partial charge in [-0.15, -0.1) is 0 Å². The highest BCUT2D eigenvalue weighted by atomic mass is 19.1. The first kappa shape index (κ1) is 15.3. The third-order valence-corrected chi connectivity index (χ3v) is 5.23. The minimum atomic E-state index is -0.124. The van der Waals surface area contributed by atoms with E-state index in [1.165, 1.54) is 19.3 Å². The van der Waals surface area contributed by atoms with Gasteiger partial charge in [0.25, 0.3) is 0 Å². The summed E-state index contributed by atoms with van der Waals surface area (Å²) >= 11 is 0. The number of aryl methyl sites for hydroxylation is 1. The van der Waals surface area contributed by atoms with E-state index in [4.69, 9.17) is 0 Å². The van der Waals surface area contributed by atoms with E-state index in [2.05, 4.69) is 26.1 Å². The molecule has 0 unspecified atom stereocenters. The van der Waals surface area contributed by atoms with Crippen LogP contribution in [0.3, 0.4) is 0 Å². The van der Waals surface area contributed by atoms with Crippen molar-refractivity contribution < 1.29 is 4.39 Å². The SMILES string of the molecule is CCC(C)(C)C1CCC(Nc2ccc(C)cc2F)CC1. The maximum absolute atomic E-state index is 13.9. The Labute approximate surface area is 123 Å². The zero-order valence-corrected chi connectivity index (χ0v) is 13.3. The zero-order chi connectivity index (χ0) is 14.8. The van der Waals surface area contributed by atoms with Crippen LogP contribution in [0, 0.1) is 24.1 Å². The average molecular weight is 277 g/mol. The summed E-state index contributed by atoms with van der Waals surface area (Å²) in [4.78, 5) is 0. The van der Waals surface area contributed by atoms with Crippen molar-refractivity contribution in [3.05, 3.63) is 29.6 Å². The fourth-order valence-corrected chi connectivity index (χ4v) is 3.27. The van der Waals surface area contributed by atoms with Crippen molar-refractivity contribution >= 4 is 5.69 Å². The van der Waals surface area contributed by atoms with Crippen LogP contribution in [0.2, 0.25) is 0 Å². The van der Waals surface area contributed by atoms with Gasteiger partial charge in [0.05, 0.1) is 5.69 Å². The van der Waals surface area contributed by atoms with E-state index in [0.29, 0.717) is 17.1 Å². The fourth-order valence-electron chi connectivity index (χ4n) is 3.27. The Bertz CT molecular complexity index is 445. The Morgan fingerprint density at radius 1 is 1.20 bits per heavy atom. The van der Waals surface area contributed by atoms with Gasteiger partial charge in [0.2, 0.25) is 0 Å². The second-order valence-electron chi connectivity index (χ2n) is 7.02. The molecule has 0 spiro atoms. The molecule has 112 valence electrons. The van der Waals surface area contributed by atoms with Crippen LogP contribution in [0.1, 0.15) is 58.4 Å². The van der Waals surface area contributed by atoms with Gasteiger partial charge in [0.1, 0.15) is 5.82 Å². The number of hydrogen-bond acceptors (Lipinski definition) is 1. The van der Waals surface area contributed by atoms with E-state index in [1.54, 1.807) is 6.07 Å². The molecule has 1 aromatic carbocycles. The maximum atomic E-state index is 13.9. The van der Waals surface area contributed by atoms with Crippen LogP contribution in [0.25, 0.3) is 0 Å². The molecule has 1 aromatic rings. The predicted molar refractivity (Wildman–Crippen MR) is 84.6 cm³/mol. The Morgan fingerprint density at radius 2 is 1.85 bits per heavy atom. The molecule has 0 amide bonds. The zero-order valence-electron chi connectivity index (χ0n) is 13.3.